The fraction of sp³-hybridized carbons (Fsp3) is 0.486. The van der Waals surface area contributed by atoms with Crippen molar-refractivity contribution >= 4 is 8.07 Å². The maximum atomic E-state index is 5.89. The van der Waals surface area contributed by atoms with Gasteiger partial charge in [-0.05, 0) is 36.0 Å². The van der Waals surface area contributed by atoms with E-state index in [4.69, 9.17) is 4.74 Å². The second kappa shape index (κ2) is 17.1. The lowest BCUT2D eigenvalue weighted by Gasteiger charge is -2.16. The summed E-state index contributed by atoms with van der Waals surface area (Å²) in [5, 5.41) is 0. The Kier molecular flexibility index (Phi) is 13.5. The number of unbranched alkanes of at least 4 members (excludes halogenated alkanes) is 9. The number of ether oxygens (including phenoxy) is 1. The Hall–Kier alpha value is -2.72. The Morgan fingerprint density at radius 1 is 0.692 bits per heavy atom. The minimum absolute atomic E-state index is 0.730. The molecule has 0 saturated heterocycles. The first kappa shape index (κ1) is 30.8. The maximum Gasteiger partial charge on any atom is 0.159 e. The van der Waals surface area contributed by atoms with Crippen molar-refractivity contribution in [1.82, 2.24) is 9.97 Å². The van der Waals surface area contributed by atoms with Gasteiger partial charge in [0.05, 0.1) is 27.1 Å². The molecule has 0 bridgehead atoms. The zero-order valence-corrected chi connectivity index (χ0v) is 25.8. The highest BCUT2D eigenvalue weighted by molar-refractivity contribution is 6.82. The van der Waals surface area contributed by atoms with E-state index in [0.717, 1.165) is 30.2 Å². The van der Waals surface area contributed by atoms with Gasteiger partial charge in [0.25, 0.3) is 0 Å². The highest BCUT2D eigenvalue weighted by atomic mass is 28.3. The third-order valence-electron chi connectivity index (χ3n) is 7.66. The molecule has 3 nitrogen and oxygen atoms in total. The molecule has 0 radical (unpaired) electrons. The first-order chi connectivity index (χ1) is 19.0. The first-order valence-corrected chi connectivity index (χ1v) is 18.6. The minimum atomic E-state index is -1.10. The van der Waals surface area contributed by atoms with Crippen molar-refractivity contribution < 1.29 is 4.74 Å². The topological polar surface area (TPSA) is 35.0 Å². The largest absolute Gasteiger partial charge is 0.490 e. The SMILES string of the molecule is C=C[Si](C)(C)CCCCCCCCCOc1cnc(-c2ccc(-c3ccc(CCCCCC)cc3)cc2)nc1. The van der Waals surface area contributed by atoms with Gasteiger partial charge in [-0.25, -0.2) is 9.97 Å². The molecule has 3 rings (SSSR count). The molecule has 0 N–H and O–H groups in total. The lowest BCUT2D eigenvalue weighted by Crippen LogP contribution is -2.21. The van der Waals surface area contributed by atoms with E-state index in [9.17, 15) is 0 Å². The predicted octanol–water partition coefficient (Wildman–Crippen LogP) is 10.5. The summed E-state index contributed by atoms with van der Waals surface area (Å²) in [5.41, 5.74) is 7.14. The summed E-state index contributed by atoms with van der Waals surface area (Å²) in [6.45, 7) is 11.8. The van der Waals surface area contributed by atoms with Crippen LogP contribution in [0.3, 0.4) is 0 Å². The molecular formula is C35H50N2OSi. The van der Waals surface area contributed by atoms with Crippen molar-refractivity contribution in [3.05, 3.63) is 78.8 Å². The summed E-state index contributed by atoms with van der Waals surface area (Å²) >= 11 is 0. The number of hydrogen-bond acceptors (Lipinski definition) is 3. The Labute approximate surface area is 239 Å². The van der Waals surface area contributed by atoms with Crippen LogP contribution in [0, 0.1) is 0 Å². The van der Waals surface area contributed by atoms with Crippen molar-refractivity contribution in [3.8, 4) is 28.3 Å². The van der Waals surface area contributed by atoms with Crippen LogP contribution in [-0.4, -0.2) is 24.6 Å². The van der Waals surface area contributed by atoms with E-state index >= 15 is 0 Å². The summed E-state index contributed by atoms with van der Waals surface area (Å²) in [7, 11) is -1.10. The Bertz CT molecular complexity index is 1080. The van der Waals surface area contributed by atoms with Crippen LogP contribution < -0.4 is 4.74 Å². The normalized spacial score (nSPS) is 11.5. The summed E-state index contributed by atoms with van der Waals surface area (Å²) in [5.74, 6) is 1.48. The zero-order valence-electron chi connectivity index (χ0n) is 24.8. The molecule has 2 aromatic carbocycles. The Balaban J connectivity index is 1.33. The van der Waals surface area contributed by atoms with E-state index in [1.165, 1.54) is 93.4 Å². The van der Waals surface area contributed by atoms with Gasteiger partial charge in [0.15, 0.2) is 11.6 Å². The zero-order chi connectivity index (χ0) is 27.8. The van der Waals surface area contributed by atoms with Crippen LogP contribution in [0.25, 0.3) is 22.5 Å². The summed E-state index contributed by atoms with van der Waals surface area (Å²) < 4.78 is 5.89. The second-order valence-electron chi connectivity index (χ2n) is 11.6. The third-order valence-corrected chi connectivity index (χ3v) is 10.4. The third kappa shape index (κ3) is 11.5. The van der Waals surface area contributed by atoms with Crippen molar-refractivity contribution in [3.63, 3.8) is 0 Å². The van der Waals surface area contributed by atoms with Crippen LogP contribution in [0.5, 0.6) is 5.75 Å². The molecule has 0 aliphatic carbocycles. The number of hydrogen-bond donors (Lipinski definition) is 0. The molecule has 1 heterocycles. The van der Waals surface area contributed by atoms with Gasteiger partial charge in [-0.15, -0.1) is 12.3 Å². The molecule has 0 saturated carbocycles. The number of rotatable bonds is 19. The Morgan fingerprint density at radius 3 is 1.85 bits per heavy atom. The van der Waals surface area contributed by atoms with E-state index < -0.39 is 8.07 Å². The van der Waals surface area contributed by atoms with Gasteiger partial charge in [0.1, 0.15) is 0 Å². The molecule has 0 amide bonds. The molecule has 0 atom stereocenters. The van der Waals surface area contributed by atoms with Crippen molar-refractivity contribution in [1.29, 1.82) is 0 Å². The highest BCUT2D eigenvalue weighted by Gasteiger charge is 2.14. The number of nitrogens with zero attached hydrogens (tertiary/aromatic N) is 2. The van der Waals surface area contributed by atoms with Crippen LogP contribution in [0.15, 0.2) is 73.2 Å². The lowest BCUT2D eigenvalue weighted by atomic mass is 10.00. The molecule has 210 valence electrons. The summed E-state index contributed by atoms with van der Waals surface area (Å²) in [4.78, 5) is 9.09. The second-order valence-corrected chi connectivity index (χ2v) is 16.5. The average molecular weight is 543 g/mol. The summed E-state index contributed by atoms with van der Waals surface area (Å²) in [6.07, 6.45) is 19.0. The lowest BCUT2D eigenvalue weighted by molar-refractivity contribution is 0.302. The molecule has 0 aliphatic heterocycles. The molecular weight excluding hydrogens is 492 g/mol. The van der Waals surface area contributed by atoms with E-state index in [2.05, 4.69) is 90.8 Å². The molecule has 0 spiro atoms. The molecule has 39 heavy (non-hydrogen) atoms. The van der Waals surface area contributed by atoms with Crippen LogP contribution in [0.4, 0.5) is 0 Å². The van der Waals surface area contributed by atoms with Crippen molar-refractivity contribution in [2.45, 2.75) is 103 Å². The smallest absolute Gasteiger partial charge is 0.159 e. The van der Waals surface area contributed by atoms with Crippen LogP contribution in [-0.2, 0) is 6.42 Å². The number of benzene rings is 2. The van der Waals surface area contributed by atoms with Gasteiger partial charge < -0.3 is 4.74 Å². The number of aromatic nitrogens is 2. The van der Waals surface area contributed by atoms with E-state index in [-0.39, 0.29) is 0 Å². The van der Waals surface area contributed by atoms with Gasteiger partial charge in [-0.3, -0.25) is 0 Å². The van der Waals surface area contributed by atoms with Crippen molar-refractivity contribution in [2.24, 2.45) is 0 Å². The maximum absolute atomic E-state index is 5.89. The average Bonchev–Trinajstić information content (AvgIpc) is 2.97. The van der Waals surface area contributed by atoms with Gasteiger partial charge in [-0.1, -0.05) is 132 Å². The van der Waals surface area contributed by atoms with Crippen molar-refractivity contribution in [2.75, 3.05) is 6.61 Å². The molecule has 1 aromatic heterocycles. The van der Waals surface area contributed by atoms with Crippen LogP contribution in [0.2, 0.25) is 19.1 Å². The number of aryl methyl sites for hydroxylation is 1. The van der Waals surface area contributed by atoms with Gasteiger partial charge in [0, 0.05) is 5.56 Å². The minimum Gasteiger partial charge on any atom is -0.490 e. The highest BCUT2D eigenvalue weighted by Crippen LogP contribution is 2.24. The standard InChI is InChI=1S/C35H50N2OSi/c1-5-7-8-14-17-30-18-20-31(21-19-30)32-22-24-33(25-23-32)35-36-28-34(29-37-35)38-26-15-12-10-9-11-13-16-27-39(3,4)6-2/h6,18-25,28-29H,2,5,7-17,26-27H2,1,3-4H3. The molecule has 0 unspecified atom stereocenters. The van der Waals surface area contributed by atoms with Crippen LogP contribution >= 0.6 is 0 Å². The molecule has 4 heteroatoms. The van der Waals surface area contributed by atoms with Gasteiger partial charge in [-0.2, -0.15) is 0 Å². The monoisotopic (exact) mass is 542 g/mol. The van der Waals surface area contributed by atoms with Gasteiger partial charge in [0.2, 0.25) is 0 Å². The van der Waals surface area contributed by atoms with Gasteiger partial charge >= 0.3 is 0 Å². The van der Waals surface area contributed by atoms with E-state index in [1.54, 1.807) is 12.4 Å². The van der Waals surface area contributed by atoms with E-state index in [0.29, 0.717) is 0 Å². The first-order valence-electron chi connectivity index (χ1n) is 15.3. The fourth-order valence-electron chi connectivity index (χ4n) is 4.83. The Morgan fingerprint density at radius 2 is 1.23 bits per heavy atom. The summed E-state index contributed by atoms with van der Waals surface area (Å²) in [6, 6.07) is 18.9. The molecule has 0 aliphatic rings. The van der Waals surface area contributed by atoms with Crippen LogP contribution in [0.1, 0.15) is 83.1 Å². The molecule has 3 aromatic rings. The fourth-order valence-corrected chi connectivity index (χ4v) is 6.20. The predicted molar refractivity (Wildman–Crippen MR) is 171 cm³/mol. The molecule has 0 fully saturated rings. The van der Waals surface area contributed by atoms with E-state index in [1.807, 2.05) is 0 Å². The quantitative estimate of drug-likeness (QED) is 0.112.